The topological polar surface area (TPSA) is 54.0 Å². The van der Waals surface area contributed by atoms with Crippen molar-refractivity contribution in [3.63, 3.8) is 0 Å². The number of aryl methyl sites for hydroxylation is 1. The van der Waals surface area contributed by atoms with Crippen LogP contribution < -0.4 is 10.6 Å². The first-order valence-electron chi connectivity index (χ1n) is 9.72. The molecule has 0 fully saturated rings. The molecule has 4 nitrogen and oxygen atoms in total. The van der Waals surface area contributed by atoms with Gasteiger partial charge in [-0.25, -0.2) is 0 Å². The minimum absolute atomic E-state index is 0.166. The first-order valence-corrected chi connectivity index (χ1v) is 9.72. The van der Waals surface area contributed by atoms with Crippen molar-refractivity contribution in [3.8, 4) is 0 Å². The van der Waals surface area contributed by atoms with Gasteiger partial charge in [0.25, 0.3) is 5.91 Å². The third kappa shape index (κ3) is 3.91. The number of para-hydroxylation sites is 2. The van der Waals surface area contributed by atoms with Crippen molar-refractivity contribution in [1.82, 2.24) is 10.3 Å². The minimum atomic E-state index is -0.166. The quantitative estimate of drug-likeness (QED) is 0.532. The Morgan fingerprint density at radius 3 is 2.68 bits per heavy atom. The van der Waals surface area contributed by atoms with Crippen LogP contribution >= 0.6 is 0 Å². The smallest absolute Gasteiger partial charge is 0.255 e. The third-order valence-electron chi connectivity index (χ3n) is 4.86. The zero-order valence-corrected chi connectivity index (χ0v) is 16.8. The van der Waals surface area contributed by atoms with Crippen molar-refractivity contribution in [3.05, 3.63) is 78.0 Å². The first kappa shape index (κ1) is 19.6. The van der Waals surface area contributed by atoms with Gasteiger partial charge in [0.05, 0.1) is 16.8 Å². The molecule has 0 aliphatic rings. The molecule has 0 spiro atoms. The van der Waals surface area contributed by atoms with Gasteiger partial charge in [-0.1, -0.05) is 63.2 Å². The number of hydrogen-bond donors (Lipinski definition) is 2. The molecule has 0 radical (unpaired) electrons. The number of carbonyl (C=O) groups excluding carboxylic acids is 1. The summed E-state index contributed by atoms with van der Waals surface area (Å²) >= 11 is 0. The molecule has 3 aromatic rings. The molecule has 144 valence electrons. The Bertz CT molecular complexity index is 1010. The molecular weight excluding hydrogens is 346 g/mol. The van der Waals surface area contributed by atoms with Crippen LogP contribution in [0.3, 0.4) is 0 Å². The largest absolute Gasteiger partial charge is 0.354 e. The van der Waals surface area contributed by atoms with Crippen LogP contribution in [0.15, 0.2) is 61.3 Å². The predicted molar refractivity (Wildman–Crippen MR) is 117 cm³/mol. The number of benzene rings is 2. The van der Waals surface area contributed by atoms with Gasteiger partial charge < -0.3 is 10.6 Å². The van der Waals surface area contributed by atoms with E-state index in [2.05, 4.69) is 61.2 Å². The average Bonchev–Trinajstić information content (AvgIpc) is 2.71. The molecular formula is C24H27N3O. The molecule has 1 heterocycles. The Morgan fingerprint density at radius 1 is 1.18 bits per heavy atom. The molecule has 1 aromatic heterocycles. The number of nitrogens with zero attached hydrogens (tertiary/aromatic N) is 1. The van der Waals surface area contributed by atoms with E-state index in [0.717, 1.165) is 34.3 Å². The Labute approximate surface area is 166 Å². The molecule has 28 heavy (non-hydrogen) atoms. The Hall–Kier alpha value is -3.14. The number of fused-ring (bicyclic) bond motifs is 1. The van der Waals surface area contributed by atoms with E-state index in [-0.39, 0.29) is 5.91 Å². The number of amides is 1. The van der Waals surface area contributed by atoms with Crippen LogP contribution in [0.2, 0.25) is 0 Å². The fourth-order valence-corrected chi connectivity index (χ4v) is 3.39. The number of carbonyl (C=O) groups is 1. The van der Waals surface area contributed by atoms with Gasteiger partial charge in [0.2, 0.25) is 0 Å². The fraction of sp³-hybridized carbons (Fsp3) is 0.250. The van der Waals surface area contributed by atoms with Gasteiger partial charge in [-0.05, 0) is 29.5 Å². The van der Waals surface area contributed by atoms with E-state index < -0.39 is 0 Å². The summed E-state index contributed by atoms with van der Waals surface area (Å²) in [6, 6.07) is 14.3. The monoisotopic (exact) mass is 373 g/mol. The average molecular weight is 374 g/mol. The van der Waals surface area contributed by atoms with E-state index >= 15 is 0 Å². The summed E-state index contributed by atoms with van der Waals surface area (Å²) in [5.41, 5.74) is 5.61. The Balaban J connectivity index is 2.19. The van der Waals surface area contributed by atoms with E-state index in [4.69, 9.17) is 0 Å². The van der Waals surface area contributed by atoms with E-state index in [9.17, 15) is 4.79 Å². The van der Waals surface area contributed by atoms with Crippen molar-refractivity contribution >= 4 is 28.2 Å². The molecule has 4 heteroatoms. The summed E-state index contributed by atoms with van der Waals surface area (Å²) in [7, 11) is 0. The van der Waals surface area contributed by atoms with Gasteiger partial charge in [0, 0.05) is 23.8 Å². The number of aromatic nitrogens is 1. The lowest BCUT2D eigenvalue weighted by Crippen LogP contribution is -2.24. The second kappa shape index (κ2) is 8.70. The highest BCUT2D eigenvalue weighted by Gasteiger charge is 2.18. The van der Waals surface area contributed by atoms with E-state index in [0.29, 0.717) is 18.0 Å². The van der Waals surface area contributed by atoms with E-state index in [1.165, 1.54) is 5.56 Å². The molecule has 0 atom stereocenters. The zero-order chi connectivity index (χ0) is 20.1. The fourth-order valence-electron chi connectivity index (χ4n) is 3.39. The van der Waals surface area contributed by atoms with Gasteiger partial charge >= 0.3 is 0 Å². The summed E-state index contributed by atoms with van der Waals surface area (Å²) in [5.74, 6) is 0.196. The molecule has 0 aliphatic heterocycles. The summed E-state index contributed by atoms with van der Waals surface area (Å²) in [5, 5.41) is 7.36. The van der Waals surface area contributed by atoms with Crippen molar-refractivity contribution in [2.75, 3.05) is 11.9 Å². The molecule has 0 saturated heterocycles. The lowest BCUT2D eigenvalue weighted by molar-refractivity contribution is 0.0958. The number of anilines is 2. The highest BCUT2D eigenvalue weighted by molar-refractivity contribution is 6.08. The molecule has 2 aromatic carbocycles. The predicted octanol–water partition coefficient (Wildman–Crippen LogP) is 5.58. The maximum atomic E-state index is 12.8. The van der Waals surface area contributed by atoms with Gasteiger partial charge in [0.1, 0.15) is 0 Å². The summed E-state index contributed by atoms with van der Waals surface area (Å²) in [4.78, 5) is 17.4. The summed E-state index contributed by atoms with van der Waals surface area (Å²) in [6.07, 6.45) is 4.22. The van der Waals surface area contributed by atoms with Gasteiger partial charge in [-0.15, -0.1) is 6.58 Å². The van der Waals surface area contributed by atoms with E-state index in [1.54, 1.807) is 12.3 Å². The lowest BCUT2D eigenvalue weighted by atomic mass is 9.99. The summed E-state index contributed by atoms with van der Waals surface area (Å²) < 4.78 is 0. The normalized spacial score (nSPS) is 10.9. The maximum absolute atomic E-state index is 12.8. The molecule has 0 unspecified atom stereocenters. The van der Waals surface area contributed by atoms with Crippen LogP contribution in [0, 0.1) is 0 Å². The molecule has 0 saturated carbocycles. The molecule has 0 aliphatic carbocycles. The maximum Gasteiger partial charge on any atom is 0.255 e. The van der Waals surface area contributed by atoms with Crippen LogP contribution in [0.4, 0.5) is 11.4 Å². The van der Waals surface area contributed by atoms with E-state index in [1.807, 2.05) is 24.3 Å². The lowest BCUT2D eigenvalue weighted by Gasteiger charge is -2.19. The molecule has 2 N–H and O–H groups in total. The highest BCUT2D eigenvalue weighted by atomic mass is 16.1. The minimum Gasteiger partial charge on any atom is -0.354 e. The van der Waals surface area contributed by atoms with Crippen molar-refractivity contribution in [1.29, 1.82) is 0 Å². The van der Waals surface area contributed by atoms with Crippen LogP contribution in [0.1, 0.15) is 48.2 Å². The van der Waals surface area contributed by atoms with Gasteiger partial charge in [0.15, 0.2) is 0 Å². The SMILES string of the molecule is C=CCNC(=O)c1cnc2c(CC)cccc2c1Nc1ccccc1C(C)C. The summed E-state index contributed by atoms with van der Waals surface area (Å²) in [6.45, 7) is 10.5. The van der Waals surface area contributed by atoms with Crippen LogP contribution in [-0.4, -0.2) is 17.4 Å². The van der Waals surface area contributed by atoms with Crippen molar-refractivity contribution in [2.24, 2.45) is 0 Å². The molecule has 1 amide bonds. The number of nitrogens with one attached hydrogen (secondary N) is 2. The van der Waals surface area contributed by atoms with Crippen molar-refractivity contribution < 1.29 is 4.79 Å². The number of hydrogen-bond acceptors (Lipinski definition) is 3. The van der Waals surface area contributed by atoms with Crippen LogP contribution in [-0.2, 0) is 6.42 Å². The van der Waals surface area contributed by atoms with Crippen LogP contribution in [0.25, 0.3) is 10.9 Å². The Kier molecular flexibility index (Phi) is 6.09. The number of rotatable bonds is 7. The van der Waals surface area contributed by atoms with Crippen molar-refractivity contribution in [2.45, 2.75) is 33.1 Å². The standard InChI is InChI=1S/C24H27N3O/c1-5-14-25-24(28)20-15-26-22-17(6-2)10-9-12-19(22)23(20)27-21-13-8-7-11-18(21)16(3)4/h5,7-13,15-16H,1,6,14H2,2-4H3,(H,25,28)(H,26,27). The Morgan fingerprint density at radius 2 is 1.96 bits per heavy atom. The molecule has 0 bridgehead atoms. The van der Waals surface area contributed by atoms with Crippen LogP contribution in [0.5, 0.6) is 0 Å². The third-order valence-corrected chi connectivity index (χ3v) is 4.86. The number of pyridine rings is 1. The first-order chi connectivity index (χ1) is 13.6. The van der Waals surface area contributed by atoms with Gasteiger partial charge in [-0.3, -0.25) is 9.78 Å². The second-order valence-electron chi connectivity index (χ2n) is 7.08. The highest BCUT2D eigenvalue weighted by Crippen LogP contribution is 2.33. The second-order valence-corrected chi connectivity index (χ2v) is 7.08. The zero-order valence-electron chi connectivity index (χ0n) is 16.8. The molecule has 3 rings (SSSR count). The van der Waals surface area contributed by atoms with Gasteiger partial charge in [-0.2, -0.15) is 0 Å².